The Morgan fingerprint density at radius 3 is 2.61 bits per heavy atom. The molecule has 2 heterocycles. The summed E-state index contributed by atoms with van der Waals surface area (Å²) in [4.78, 5) is 21.9. The Bertz CT molecular complexity index is 690. The average molecular weight is 329 g/mol. The van der Waals surface area contributed by atoms with E-state index in [-0.39, 0.29) is 5.56 Å². The zero-order valence-electron chi connectivity index (χ0n) is 13.5. The van der Waals surface area contributed by atoms with E-state index < -0.39 is 0 Å². The van der Waals surface area contributed by atoms with E-state index in [4.69, 9.17) is 0 Å². The van der Waals surface area contributed by atoms with Gasteiger partial charge in [-0.1, -0.05) is 48.0 Å². The Labute approximate surface area is 141 Å². The fourth-order valence-corrected chi connectivity index (χ4v) is 3.57. The zero-order valence-corrected chi connectivity index (χ0v) is 14.4. The number of hydrogen-bond donors (Lipinski definition) is 1. The third-order valence-electron chi connectivity index (χ3n) is 4.19. The third-order valence-corrected chi connectivity index (χ3v) is 5.15. The fourth-order valence-electron chi connectivity index (χ4n) is 2.79. The minimum absolute atomic E-state index is 0.00280. The molecule has 1 saturated heterocycles. The predicted octanol–water partition coefficient (Wildman–Crippen LogP) is 3.36. The summed E-state index contributed by atoms with van der Waals surface area (Å²) in [6.07, 6.45) is 5.51. The summed E-state index contributed by atoms with van der Waals surface area (Å²) in [5, 5.41) is 0.693. The van der Waals surface area contributed by atoms with Crippen LogP contribution in [0.5, 0.6) is 0 Å². The van der Waals surface area contributed by atoms with E-state index in [2.05, 4.69) is 46.1 Å². The van der Waals surface area contributed by atoms with Crippen molar-refractivity contribution in [3.63, 3.8) is 0 Å². The van der Waals surface area contributed by atoms with Crippen LogP contribution in [0.25, 0.3) is 0 Å². The van der Waals surface area contributed by atoms with Crippen molar-refractivity contribution in [3.8, 4) is 0 Å². The number of aryl methyl sites for hydroxylation is 1. The van der Waals surface area contributed by atoms with Crippen LogP contribution in [-0.4, -0.2) is 28.0 Å². The average Bonchev–Trinajstić information content (AvgIpc) is 2.57. The molecule has 23 heavy (non-hydrogen) atoms. The van der Waals surface area contributed by atoms with Crippen LogP contribution in [0.3, 0.4) is 0 Å². The highest BCUT2D eigenvalue weighted by Gasteiger charge is 2.13. The van der Waals surface area contributed by atoms with Gasteiger partial charge in [-0.05, 0) is 38.4 Å². The largest absolute Gasteiger partial charge is 0.301 e. The van der Waals surface area contributed by atoms with Crippen molar-refractivity contribution in [1.29, 1.82) is 0 Å². The van der Waals surface area contributed by atoms with E-state index >= 15 is 0 Å². The molecule has 1 fully saturated rings. The maximum absolute atomic E-state index is 12.2. The molecule has 0 saturated carbocycles. The van der Waals surface area contributed by atoms with Crippen LogP contribution in [0.4, 0.5) is 0 Å². The van der Waals surface area contributed by atoms with Gasteiger partial charge in [0.2, 0.25) is 0 Å². The first-order chi connectivity index (χ1) is 11.2. The highest BCUT2D eigenvalue weighted by molar-refractivity contribution is 7.98. The monoisotopic (exact) mass is 329 g/mol. The van der Waals surface area contributed by atoms with Crippen molar-refractivity contribution in [3.05, 3.63) is 57.5 Å². The van der Waals surface area contributed by atoms with E-state index in [1.165, 1.54) is 30.4 Å². The van der Waals surface area contributed by atoms with E-state index in [0.717, 1.165) is 24.4 Å². The summed E-state index contributed by atoms with van der Waals surface area (Å²) < 4.78 is 0. The third kappa shape index (κ3) is 4.69. The van der Waals surface area contributed by atoms with Crippen molar-refractivity contribution in [2.75, 3.05) is 13.1 Å². The first-order valence-corrected chi connectivity index (χ1v) is 9.18. The van der Waals surface area contributed by atoms with Crippen LogP contribution in [-0.2, 0) is 12.3 Å². The molecule has 0 bridgehead atoms. The quantitative estimate of drug-likeness (QED) is 0.675. The van der Waals surface area contributed by atoms with Crippen LogP contribution in [0, 0.1) is 6.92 Å². The van der Waals surface area contributed by atoms with Crippen LogP contribution >= 0.6 is 11.8 Å². The van der Waals surface area contributed by atoms with Crippen molar-refractivity contribution in [2.45, 2.75) is 43.6 Å². The smallest absolute Gasteiger partial charge is 0.256 e. The van der Waals surface area contributed by atoms with Crippen molar-refractivity contribution < 1.29 is 0 Å². The number of piperidine rings is 1. The Kier molecular flexibility index (Phi) is 5.51. The van der Waals surface area contributed by atoms with Gasteiger partial charge in [0.05, 0.1) is 0 Å². The van der Waals surface area contributed by atoms with Gasteiger partial charge in [0.1, 0.15) is 0 Å². The molecule has 4 nitrogen and oxygen atoms in total. The summed E-state index contributed by atoms with van der Waals surface area (Å²) in [7, 11) is 0. The molecule has 1 aromatic heterocycles. The van der Waals surface area contributed by atoms with Gasteiger partial charge in [0.25, 0.3) is 5.56 Å². The van der Waals surface area contributed by atoms with Crippen molar-refractivity contribution >= 4 is 11.8 Å². The molecule has 3 rings (SSSR count). The molecule has 1 N–H and O–H groups in total. The molecule has 0 amide bonds. The van der Waals surface area contributed by atoms with Crippen LogP contribution in [0.1, 0.15) is 36.0 Å². The van der Waals surface area contributed by atoms with E-state index in [9.17, 15) is 4.79 Å². The van der Waals surface area contributed by atoms with Crippen molar-refractivity contribution in [1.82, 2.24) is 14.9 Å². The summed E-state index contributed by atoms with van der Waals surface area (Å²) in [6.45, 7) is 4.97. The Hall–Kier alpha value is -1.59. The van der Waals surface area contributed by atoms with Gasteiger partial charge < -0.3 is 4.98 Å². The number of nitrogens with zero attached hydrogens (tertiary/aromatic N) is 2. The van der Waals surface area contributed by atoms with E-state index in [1.807, 2.05) is 0 Å². The summed E-state index contributed by atoms with van der Waals surface area (Å²) >= 11 is 1.57. The summed E-state index contributed by atoms with van der Waals surface area (Å²) in [5.74, 6) is 0.814. The lowest BCUT2D eigenvalue weighted by molar-refractivity contribution is 0.219. The summed E-state index contributed by atoms with van der Waals surface area (Å²) in [5.41, 5.74) is 3.26. The number of H-pyrrole nitrogens is 1. The molecule has 1 aliphatic heterocycles. The maximum atomic E-state index is 12.2. The number of aromatic nitrogens is 2. The van der Waals surface area contributed by atoms with Gasteiger partial charge in [-0.15, -0.1) is 0 Å². The molecule has 0 radical (unpaired) electrons. The molecule has 0 unspecified atom stereocenters. The Morgan fingerprint density at radius 1 is 1.17 bits per heavy atom. The van der Waals surface area contributed by atoms with Crippen LogP contribution < -0.4 is 5.56 Å². The van der Waals surface area contributed by atoms with Gasteiger partial charge in [0, 0.05) is 24.1 Å². The number of thioether (sulfide) groups is 1. The fraction of sp³-hybridized carbons (Fsp3) is 0.444. The van der Waals surface area contributed by atoms with E-state index in [0.29, 0.717) is 11.7 Å². The lowest BCUT2D eigenvalue weighted by atomic mass is 10.1. The molecular weight excluding hydrogens is 306 g/mol. The van der Waals surface area contributed by atoms with Gasteiger partial charge in [0.15, 0.2) is 5.16 Å². The predicted molar refractivity (Wildman–Crippen MR) is 94.7 cm³/mol. The highest BCUT2D eigenvalue weighted by Crippen LogP contribution is 2.18. The lowest BCUT2D eigenvalue weighted by Crippen LogP contribution is -2.31. The number of nitrogens with one attached hydrogen (secondary N) is 1. The van der Waals surface area contributed by atoms with Gasteiger partial charge >= 0.3 is 0 Å². The van der Waals surface area contributed by atoms with Crippen LogP contribution in [0.2, 0.25) is 0 Å². The SMILES string of the molecule is Cc1ccc(CSc2ncc(CN3CCCCC3)c(=O)[nH]2)cc1. The van der Waals surface area contributed by atoms with Crippen LogP contribution in [0.15, 0.2) is 40.4 Å². The van der Waals surface area contributed by atoms with Gasteiger partial charge in [-0.25, -0.2) is 4.98 Å². The normalized spacial score (nSPS) is 15.7. The number of likely N-dealkylation sites (tertiary alicyclic amines) is 1. The number of aromatic amines is 1. The Morgan fingerprint density at radius 2 is 1.91 bits per heavy atom. The molecule has 5 heteroatoms. The van der Waals surface area contributed by atoms with Crippen molar-refractivity contribution in [2.24, 2.45) is 0 Å². The second-order valence-electron chi connectivity index (χ2n) is 6.15. The molecule has 0 atom stereocenters. The molecule has 2 aromatic rings. The number of rotatable bonds is 5. The molecular formula is C18H23N3OS. The topological polar surface area (TPSA) is 49.0 Å². The number of benzene rings is 1. The Balaban J connectivity index is 1.59. The molecule has 0 spiro atoms. The molecule has 122 valence electrons. The maximum Gasteiger partial charge on any atom is 0.256 e. The first-order valence-electron chi connectivity index (χ1n) is 8.19. The summed E-state index contributed by atoms with van der Waals surface area (Å²) in [6, 6.07) is 8.44. The highest BCUT2D eigenvalue weighted by atomic mass is 32.2. The lowest BCUT2D eigenvalue weighted by Gasteiger charge is -2.25. The molecule has 0 aliphatic carbocycles. The first kappa shape index (κ1) is 16.3. The van der Waals surface area contributed by atoms with E-state index in [1.54, 1.807) is 18.0 Å². The second-order valence-corrected chi connectivity index (χ2v) is 7.12. The van der Waals surface area contributed by atoms with Gasteiger partial charge in [-0.2, -0.15) is 0 Å². The number of hydrogen-bond acceptors (Lipinski definition) is 4. The molecule has 1 aliphatic rings. The van der Waals surface area contributed by atoms with Gasteiger partial charge in [-0.3, -0.25) is 9.69 Å². The minimum Gasteiger partial charge on any atom is -0.301 e. The zero-order chi connectivity index (χ0) is 16.1. The minimum atomic E-state index is -0.00280. The molecule has 1 aromatic carbocycles. The standard InChI is InChI=1S/C18H23N3OS/c1-14-5-7-15(8-6-14)13-23-18-19-11-16(17(22)20-18)12-21-9-3-2-4-10-21/h5-8,11H,2-4,9-10,12-13H2,1H3,(H,19,20,22). The second kappa shape index (κ2) is 7.79.